The molecule has 7 rings (SSSR count). The number of aromatic nitrogens is 1. The molecule has 0 atom stereocenters. The van der Waals surface area contributed by atoms with Crippen molar-refractivity contribution in [3.05, 3.63) is 136 Å². The number of thioether (sulfide) groups is 1. The van der Waals surface area contributed by atoms with Crippen LogP contribution < -0.4 is 4.90 Å². The van der Waals surface area contributed by atoms with Crippen LogP contribution in [0.3, 0.4) is 0 Å². The summed E-state index contributed by atoms with van der Waals surface area (Å²) >= 11 is 1.35. The molecule has 0 N–H and O–H groups in total. The number of ether oxygens (including phenoxy) is 1. The van der Waals surface area contributed by atoms with Crippen molar-refractivity contribution in [2.45, 2.75) is 50.2 Å². The van der Waals surface area contributed by atoms with Gasteiger partial charge in [-0.15, -0.1) is 11.8 Å². The van der Waals surface area contributed by atoms with Crippen LogP contribution in [0, 0.1) is 11.6 Å². The lowest BCUT2D eigenvalue weighted by molar-refractivity contribution is -0.137. The molecule has 1 aromatic heterocycles. The van der Waals surface area contributed by atoms with Gasteiger partial charge in [-0.2, -0.15) is 13.2 Å². The third-order valence-electron chi connectivity index (χ3n) is 10.2. The standard InChI is InChI=1S/C42H41F5N4O2S/c1-53-23-22-49-20-17-34(18-21-49)50(25-28-7-9-29(10-8-28)30-13-15-33(16-14-30)42(45,46)47)38(52)26-51-39(54-27-32-4-2-6-37(43)40(32)44)24-36(31-11-12-31)35-5-3-19-48-41(35)51/h2-10,13-16,19,24,34H,11-12,17-18,20-23,25-27H2,1H3. The number of amides is 1. The van der Waals surface area contributed by atoms with Crippen molar-refractivity contribution in [1.82, 2.24) is 14.8 Å². The van der Waals surface area contributed by atoms with Gasteiger partial charge in [-0.1, -0.05) is 54.1 Å². The monoisotopic (exact) mass is 760 g/mol. The topological polar surface area (TPSA) is 48.9 Å². The van der Waals surface area contributed by atoms with Crippen molar-refractivity contribution in [1.29, 1.82) is 0 Å². The Morgan fingerprint density at radius 1 is 0.944 bits per heavy atom. The van der Waals surface area contributed by atoms with E-state index in [9.17, 15) is 26.7 Å². The number of anilines is 1. The fraction of sp³-hybridized carbons (Fsp3) is 0.333. The smallest absolute Gasteiger partial charge is 0.383 e. The molecule has 3 heterocycles. The fourth-order valence-corrected chi connectivity index (χ4v) is 8.12. The van der Waals surface area contributed by atoms with E-state index in [1.54, 1.807) is 19.4 Å². The summed E-state index contributed by atoms with van der Waals surface area (Å²) in [6.07, 6.45) is 2.86. The predicted octanol–water partition coefficient (Wildman–Crippen LogP) is 9.33. The molecule has 2 fully saturated rings. The Bertz CT molecular complexity index is 2020. The number of carbonyl (C=O) groups is 1. The average molecular weight is 761 g/mol. The first-order chi connectivity index (χ1) is 26.1. The van der Waals surface area contributed by atoms with E-state index < -0.39 is 23.4 Å². The zero-order valence-corrected chi connectivity index (χ0v) is 30.7. The number of carbonyl (C=O) groups excluding carboxylic acids is 1. The van der Waals surface area contributed by atoms with Gasteiger partial charge >= 0.3 is 6.18 Å². The molecule has 1 saturated carbocycles. The largest absolute Gasteiger partial charge is 0.416 e. The van der Waals surface area contributed by atoms with Gasteiger partial charge in [0.2, 0.25) is 5.91 Å². The van der Waals surface area contributed by atoms with E-state index in [1.165, 1.54) is 35.5 Å². The number of hydrogen-bond acceptors (Lipinski definition) is 6. The predicted molar refractivity (Wildman–Crippen MR) is 202 cm³/mol. The van der Waals surface area contributed by atoms with Gasteiger partial charge in [0.25, 0.3) is 0 Å². The van der Waals surface area contributed by atoms with Crippen LogP contribution in [0.4, 0.5) is 27.8 Å². The molecule has 4 aromatic rings. The number of pyridine rings is 1. The maximum Gasteiger partial charge on any atom is 0.416 e. The van der Waals surface area contributed by atoms with Gasteiger partial charge in [-0.25, -0.2) is 13.8 Å². The molecule has 3 aliphatic rings. The number of rotatable bonds is 12. The van der Waals surface area contributed by atoms with E-state index in [1.807, 2.05) is 46.2 Å². The lowest BCUT2D eigenvalue weighted by Crippen LogP contribution is -2.50. The molecule has 0 unspecified atom stereocenters. The van der Waals surface area contributed by atoms with E-state index in [-0.39, 0.29) is 29.8 Å². The molecule has 0 radical (unpaired) electrons. The number of hydrogen-bond donors (Lipinski definition) is 0. The number of likely N-dealkylation sites (tertiary alicyclic amines) is 1. The number of piperidine rings is 1. The minimum atomic E-state index is -4.41. The quantitative estimate of drug-likeness (QED) is 0.134. The van der Waals surface area contributed by atoms with E-state index in [0.29, 0.717) is 24.5 Å². The second-order valence-corrected chi connectivity index (χ2v) is 14.8. The molecule has 1 amide bonds. The Hall–Kier alpha value is -4.52. The molecule has 1 aliphatic carbocycles. The van der Waals surface area contributed by atoms with Gasteiger partial charge < -0.3 is 19.4 Å². The first kappa shape index (κ1) is 37.8. The zero-order chi connectivity index (χ0) is 37.8. The number of benzene rings is 3. The van der Waals surface area contributed by atoms with Crippen LogP contribution in [0.25, 0.3) is 16.7 Å². The summed E-state index contributed by atoms with van der Waals surface area (Å²) < 4.78 is 73.6. The molecular formula is C42H41F5N4O2S. The van der Waals surface area contributed by atoms with E-state index in [2.05, 4.69) is 11.0 Å². The number of nitrogens with zero attached hydrogens (tertiary/aromatic N) is 4. The van der Waals surface area contributed by atoms with Crippen molar-refractivity contribution in [2.24, 2.45) is 0 Å². The molecule has 2 aliphatic heterocycles. The molecule has 6 nitrogen and oxygen atoms in total. The lowest BCUT2D eigenvalue weighted by Gasteiger charge is -2.40. The summed E-state index contributed by atoms with van der Waals surface area (Å²) in [5, 5.41) is 0.739. The van der Waals surface area contributed by atoms with Gasteiger partial charge in [-0.3, -0.25) is 4.79 Å². The van der Waals surface area contributed by atoms with Crippen LogP contribution in [0.5, 0.6) is 0 Å². The number of alkyl halides is 3. The SMILES string of the molecule is COCCN1CCC(N(Cc2ccc(-c3ccc(C(F)(F)F)cc3)cc2)C(=O)CN2C(SCc3cccc(F)c3F)=CC(=C3CC3)c3cccnc32)CC1. The first-order valence-corrected chi connectivity index (χ1v) is 19.1. The van der Waals surface area contributed by atoms with Crippen LogP contribution in [0.15, 0.2) is 102 Å². The van der Waals surface area contributed by atoms with Gasteiger partial charge in [0.1, 0.15) is 12.4 Å². The maximum atomic E-state index is 14.8. The van der Waals surface area contributed by atoms with Crippen molar-refractivity contribution >= 4 is 29.1 Å². The highest BCUT2D eigenvalue weighted by molar-refractivity contribution is 8.02. The van der Waals surface area contributed by atoms with E-state index in [0.717, 1.165) is 90.8 Å². The molecule has 12 heteroatoms. The van der Waals surface area contributed by atoms with Crippen molar-refractivity contribution in [3.63, 3.8) is 0 Å². The Balaban J connectivity index is 1.16. The molecule has 54 heavy (non-hydrogen) atoms. The van der Waals surface area contributed by atoms with Gasteiger partial charge in [-0.05, 0) is 84.4 Å². The lowest BCUT2D eigenvalue weighted by atomic mass is 9.99. The minimum absolute atomic E-state index is 0.00931. The second kappa shape index (κ2) is 16.5. The number of methoxy groups -OCH3 is 1. The molecule has 282 valence electrons. The summed E-state index contributed by atoms with van der Waals surface area (Å²) in [6.45, 7) is 3.41. The van der Waals surface area contributed by atoms with Crippen LogP contribution in [0.2, 0.25) is 0 Å². The highest BCUT2D eigenvalue weighted by Gasteiger charge is 2.34. The number of halogens is 5. The highest BCUT2D eigenvalue weighted by atomic mass is 32.2. The third kappa shape index (κ3) is 8.72. The van der Waals surface area contributed by atoms with E-state index >= 15 is 0 Å². The van der Waals surface area contributed by atoms with Crippen LogP contribution >= 0.6 is 11.8 Å². The Morgan fingerprint density at radius 3 is 2.31 bits per heavy atom. The second-order valence-electron chi connectivity index (χ2n) is 13.8. The Morgan fingerprint density at radius 2 is 1.65 bits per heavy atom. The van der Waals surface area contributed by atoms with Gasteiger partial charge in [0.15, 0.2) is 11.6 Å². The van der Waals surface area contributed by atoms with Gasteiger partial charge in [0, 0.05) is 62.4 Å². The summed E-state index contributed by atoms with van der Waals surface area (Å²) in [4.78, 5) is 25.6. The highest BCUT2D eigenvalue weighted by Crippen LogP contribution is 2.46. The average Bonchev–Trinajstić information content (AvgIpc) is 4.03. The fourth-order valence-electron chi connectivity index (χ4n) is 7.09. The summed E-state index contributed by atoms with van der Waals surface area (Å²) in [7, 11) is 1.68. The van der Waals surface area contributed by atoms with E-state index in [4.69, 9.17) is 9.72 Å². The van der Waals surface area contributed by atoms with Gasteiger partial charge in [0.05, 0.1) is 17.2 Å². The zero-order valence-electron chi connectivity index (χ0n) is 29.9. The maximum absolute atomic E-state index is 14.8. The Labute approximate surface area is 316 Å². The Kier molecular flexibility index (Phi) is 11.5. The van der Waals surface area contributed by atoms with Crippen LogP contribution in [0.1, 0.15) is 47.9 Å². The molecule has 0 spiro atoms. The number of allylic oxidation sites excluding steroid dienone is 3. The van der Waals surface area contributed by atoms with Crippen molar-refractivity contribution in [3.8, 4) is 11.1 Å². The molecule has 1 saturated heterocycles. The molecule has 0 bridgehead atoms. The minimum Gasteiger partial charge on any atom is -0.383 e. The summed E-state index contributed by atoms with van der Waals surface area (Å²) in [5.74, 6) is -1.06. The third-order valence-corrected chi connectivity index (χ3v) is 11.3. The van der Waals surface area contributed by atoms with Crippen molar-refractivity contribution < 1.29 is 31.5 Å². The van der Waals surface area contributed by atoms with Crippen LogP contribution in [-0.2, 0) is 28.0 Å². The molecular weight excluding hydrogens is 720 g/mol. The number of fused-ring (bicyclic) bond motifs is 1. The normalized spacial score (nSPS) is 16.3. The summed E-state index contributed by atoms with van der Waals surface area (Å²) in [6, 6.07) is 20.7. The van der Waals surface area contributed by atoms with Crippen molar-refractivity contribution in [2.75, 3.05) is 44.8 Å². The van der Waals surface area contributed by atoms with Crippen LogP contribution in [-0.4, -0.2) is 66.6 Å². The molecule has 3 aromatic carbocycles. The summed E-state index contributed by atoms with van der Waals surface area (Å²) in [5.41, 5.74) is 5.18. The first-order valence-electron chi connectivity index (χ1n) is 18.1.